The number of nitrogens with zero attached hydrogens (tertiary/aromatic N) is 1. The Balaban J connectivity index is 2.34. The molecule has 0 spiro atoms. The molecule has 0 fully saturated rings. The Morgan fingerprint density at radius 2 is 1.85 bits per heavy atom. The lowest BCUT2D eigenvalue weighted by atomic mass is 10.2. The Morgan fingerprint density at radius 1 is 1.20 bits per heavy atom. The number of hydrogen-bond donors (Lipinski definition) is 1. The molecule has 2 aromatic rings. The lowest BCUT2D eigenvalue weighted by molar-refractivity contribution is -0.135. The first-order valence-electron chi connectivity index (χ1n) is 5.83. The summed E-state index contributed by atoms with van der Waals surface area (Å²) in [5.74, 6) is -1.39. The van der Waals surface area contributed by atoms with Crippen molar-refractivity contribution in [1.29, 1.82) is 0 Å². The maximum Gasteiger partial charge on any atom is 0.323 e. The number of anilines is 1. The molecule has 0 saturated carbocycles. The lowest BCUT2D eigenvalue weighted by Gasteiger charge is -2.20. The van der Waals surface area contributed by atoms with Gasteiger partial charge in [-0.05, 0) is 43.3 Å². The van der Waals surface area contributed by atoms with E-state index in [-0.39, 0.29) is 5.91 Å². The number of carbonyl (C=O) groups excluding carboxylic acids is 1. The number of hydrogen-bond acceptors (Lipinski definition) is 3. The van der Waals surface area contributed by atoms with Crippen LogP contribution in [0.1, 0.15) is 14.5 Å². The minimum absolute atomic E-state index is 0.326. The van der Waals surface area contributed by atoms with Crippen molar-refractivity contribution >= 4 is 40.5 Å². The molecule has 1 aromatic carbocycles. The fraction of sp³-hybridized carbons (Fsp3) is 0.143. The molecule has 1 N–H and O–H groups in total. The van der Waals surface area contributed by atoms with Gasteiger partial charge in [0.05, 0.1) is 4.88 Å². The molecule has 0 aliphatic carbocycles. The van der Waals surface area contributed by atoms with Gasteiger partial charge in [0.2, 0.25) is 0 Å². The average molecular weight is 310 g/mol. The van der Waals surface area contributed by atoms with Gasteiger partial charge < -0.3 is 5.11 Å². The third-order valence-electron chi connectivity index (χ3n) is 2.63. The highest BCUT2D eigenvalue weighted by atomic mass is 35.5. The van der Waals surface area contributed by atoms with Crippen LogP contribution in [-0.2, 0) is 4.79 Å². The van der Waals surface area contributed by atoms with Crippen LogP contribution in [0.2, 0.25) is 5.02 Å². The third-order valence-corrected chi connectivity index (χ3v) is 3.87. The number of thiophene rings is 1. The summed E-state index contributed by atoms with van der Waals surface area (Å²) in [4.78, 5) is 26.1. The molecule has 0 aliphatic rings. The summed E-state index contributed by atoms with van der Waals surface area (Å²) in [7, 11) is 0. The smallest absolute Gasteiger partial charge is 0.323 e. The number of carboxylic acid groups (broad SMARTS) is 1. The Hall–Kier alpha value is -1.85. The first-order valence-corrected chi connectivity index (χ1v) is 7.02. The molecule has 1 heterocycles. The van der Waals surface area contributed by atoms with E-state index in [0.717, 1.165) is 4.88 Å². The Labute approximate surface area is 125 Å². The molecule has 0 unspecified atom stereocenters. The molecule has 0 atom stereocenters. The number of rotatable bonds is 4. The maximum absolute atomic E-state index is 12.4. The van der Waals surface area contributed by atoms with Gasteiger partial charge in [0, 0.05) is 15.6 Å². The Morgan fingerprint density at radius 3 is 2.35 bits per heavy atom. The molecule has 20 heavy (non-hydrogen) atoms. The van der Waals surface area contributed by atoms with Crippen LogP contribution >= 0.6 is 22.9 Å². The molecule has 104 valence electrons. The molecule has 4 nitrogen and oxygen atoms in total. The van der Waals surface area contributed by atoms with Crippen molar-refractivity contribution in [3.63, 3.8) is 0 Å². The summed E-state index contributed by atoms with van der Waals surface area (Å²) in [6.45, 7) is 1.50. The highest BCUT2D eigenvalue weighted by molar-refractivity contribution is 7.14. The molecule has 0 bridgehead atoms. The van der Waals surface area contributed by atoms with Gasteiger partial charge in [0.15, 0.2) is 0 Å². The highest BCUT2D eigenvalue weighted by Crippen LogP contribution is 2.23. The van der Waals surface area contributed by atoms with E-state index in [9.17, 15) is 9.59 Å². The highest BCUT2D eigenvalue weighted by Gasteiger charge is 2.21. The Bertz CT molecular complexity index is 636. The van der Waals surface area contributed by atoms with E-state index in [1.165, 1.54) is 16.2 Å². The summed E-state index contributed by atoms with van der Waals surface area (Å²) in [6.07, 6.45) is 0. The first kappa shape index (κ1) is 14.6. The number of aliphatic carboxylic acids is 1. The number of carboxylic acids is 1. The monoisotopic (exact) mass is 309 g/mol. The Kier molecular flexibility index (Phi) is 4.42. The van der Waals surface area contributed by atoms with Crippen LogP contribution in [0.3, 0.4) is 0 Å². The number of benzene rings is 1. The van der Waals surface area contributed by atoms with Crippen molar-refractivity contribution in [2.45, 2.75) is 6.92 Å². The normalized spacial score (nSPS) is 10.3. The first-order chi connectivity index (χ1) is 9.47. The zero-order chi connectivity index (χ0) is 14.7. The molecular weight excluding hydrogens is 298 g/mol. The van der Waals surface area contributed by atoms with Crippen molar-refractivity contribution in [2.24, 2.45) is 0 Å². The second-order valence-corrected chi connectivity index (χ2v) is 5.90. The summed E-state index contributed by atoms with van der Waals surface area (Å²) in [6, 6.07) is 10.0. The standard InChI is InChI=1S/C14H12ClNO3S/c1-9-2-7-12(20-9)14(19)16(8-13(17)18)11-5-3-10(15)4-6-11/h2-7H,8H2,1H3,(H,17,18). The van der Waals surface area contributed by atoms with Gasteiger partial charge in [-0.2, -0.15) is 0 Å². The number of amides is 1. The molecule has 2 rings (SSSR count). The summed E-state index contributed by atoms with van der Waals surface area (Å²) in [5, 5.41) is 9.52. The van der Waals surface area contributed by atoms with Crippen molar-refractivity contribution < 1.29 is 14.7 Å². The van der Waals surface area contributed by atoms with Crippen LogP contribution in [-0.4, -0.2) is 23.5 Å². The second kappa shape index (κ2) is 6.07. The molecule has 1 aromatic heterocycles. The molecule has 0 radical (unpaired) electrons. The van der Waals surface area contributed by atoms with Crippen LogP contribution in [0.25, 0.3) is 0 Å². The topological polar surface area (TPSA) is 57.6 Å². The SMILES string of the molecule is Cc1ccc(C(=O)N(CC(=O)O)c2ccc(Cl)cc2)s1. The molecular formula is C14H12ClNO3S. The predicted molar refractivity (Wildman–Crippen MR) is 79.8 cm³/mol. The van der Waals surface area contributed by atoms with E-state index in [4.69, 9.17) is 16.7 Å². The van der Waals surface area contributed by atoms with Gasteiger partial charge in [-0.15, -0.1) is 11.3 Å². The zero-order valence-corrected chi connectivity index (χ0v) is 12.2. The van der Waals surface area contributed by atoms with E-state index in [1.54, 1.807) is 30.3 Å². The minimum Gasteiger partial charge on any atom is -0.480 e. The molecule has 0 aliphatic heterocycles. The van der Waals surface area contributed by atoms with Crippen LogP contribution in [0.4, 0.5) is 5.69 Å². The molecule has 0 saturated heterocycles. The van der Waals surface area contributed by atoms with Crippen molar-refractivity contribution in [2.75, 3.05) is 11.4 Å². The lowest BCUT2D eigenvalue weighted by Crippen LogP contribution is -2.35. The number of halogens is 1. The largest absolute Gasteiger partial charge is 0.480 e. The minimum atomic E-state index is -1.07. The fourth-order valence-corrected chi connectivity index (χ4v) is 2.66. The van der Waals surface area contributed by atoms with Crippen LogP contribution < -0.4 is 4.90 Å². The summed E-state index contributed by atoms with van der Waals surface area (Å²) < 4.78 is 0. The van der Waals surface area contributed by atoms with E-state index >= 15 is 0 Å². The summed E-state index contributed by atoms with van der Waals surface area (Å²) >= 11 is 7.14. The van der Waals surface area contributed by atoms with Crippen molar-refractivity contribution in [3.8, 4) is 0 Å². The number of aryl methyl sites for hydroxylation is 1. The zero-order valence-electron chi connectivity index (χ0n) is 10.7. The molecule has 6 heteroatoms. The fourth-order valence-electron chi connectivity index (χ4n) is 1.72. The molecule has 1 amide bonds. The van der Waals surface area contributed by atoms with E-state index < -0.39 is 12.5 Å². The van der Waals surface area contributed by atoms with Gasteiger partial charge >= 0.3 is 5.97 Å². The van der Waals surface area contributed by atoms with Crippen molar-refractivity contribution in [1.82, 2.24) is 0 Å². The third kappa shape index (κ3) is 3.37. The van der Waals surface area contributed by atoms with Crippen LogP contribution in [0.15, 0.2) is 36.4 Å². The van der Waals surface area contributed by atoms with Crippen molar-refractivity contribution in [3.05, 3.63) is 51.2 Å². The van der Waals surface area contributed by atoms with Gasteiger partial charge in [0.25, 0.3) is 5.91 Å². The van der Waals surface area contributed by atoms with E-state index in [0.29, 0.717) is 15.6 Å². The van der Waals surface area contributed by atoms with Gasteiger partial charge in [-0.3, -0.25) is 14.5 Å². The van der Waals surface area contributed by atoms with Gasteiger partial charge in [0.1, 0.15) is 6.54 Å². The maximum atomic E-state index is 12.4. The summed E-state index contributed by atoms with van der Waals surface area (Å²) in [5.41, 5.74) is 0.507. The van der Waals surface area contributed by atoms with Crippen LogP contribution in [0.5, 0.6) is 0 Å². The predicted octanol–water partition coefficient (Wildman–Crippen LogP) is 3.44. The van der Waals surface area contributed by atoms with Gasteiger partial charge in [-0.25, -0.2) is 0 Å². The number of carbonyl (C=O) groups is 2. The van der Waals surface area contributed by atoms with Crippen LogP contribution in [0, 0.1) is 6.92 Å². The average Bonchev–Trinajstić information content (AvgIpc) is 2.83. The second-order valence-electron chi connectivity index (χ2n) is 4.17. The quantitative estimate of drug-likeness (QED) is 0.941. The van der Waals surface area contributed by atoms with E-state index in [1.807, 2.05) is 13.0 Å². The van der Waals surface area contributed by atoms with Gasteiger partial charge in [-0.1, -0.05) is 11.6 Å². The van der Waals surface area contributed by atoms with E-state index in [2.05, 4.69) is 0 Å².